The van der Waals surface area contributed by atoms with E-state index in [4.69, 9.17) is 28.2 Å². The van der Waals surface area contributed by atoms with E-state index in [2.05, 4.69) is 4.99 Å². The molecule has 2 aromatic heterocycles. The van der Waals surface area contributed by atoms with Crippen LogP contribution in [0.2, 0.25) is 10.0 Å². The summed E-state index contributed by atoms with van der Waals surface area (Å²) >= 11 is 12.2. The van der Waals surface area contributed by atoms with Crippen LogP contribution in [-0.4, -0.2) is 34.6 Å². The number of fused-ring (bicyclic) bond motifs is 1. The largest absolute Gasteiger partial charge is 0.378 e. The van der Waals surface area contributed by atoms with Crippen LogP contribution in [0.25, 0.3) is 16.9 Å². The Kier molecular flexibility index (Phi) is 5.63. The summed E-state index contributed by atoms with van der Waals surface area (Å²) in [6.07, 6.45) is 3.35. The number of imidazole rings is 1. The molecule has 0 saturated heterocycles. The summed E-state index contributed by atoms with van der Waals surface area (Å²) in [5.41, 5.74) is 3.54. The number of nitro benzene ring substituents is 1. The average Bonchev–Trinajstić information content (AvgIpc) is 3.11. The van der Waals surface area contributed by atoms with Gasteiger partial charge in [-0.05, 0) is 30.3 Å². The highest BCUT2D eigenvalue weighted by molar-refractivity contribution is 6.37. The van der Waals surface area contributed by atoms with Gasteiger partial charge in [0.2, 0.25) is 0 Å². The Labute approximate surface area is 188 Å². The fourth-order valence-electron chi connectivity index (χ4n) is 3.14. The van der Waals surface area contributed by atoms with Gasteiger partial charge < -0.3 is 4.90 Å². The predicted octanol–water partition coefficient (Wildman–Crippen LogP) is 6.03. The maximum absolute atomic E-state index is 11.2. The molecule has 0 aliphatic heterocycles. The molecule has 156 valence electrons. The van der Waals surface area contributed by atoms with Crippen molar-refractivity contribution in [1.82, 2.24) is 9.38 Å². The first kappa shape index (κ1) is 20.8. The highest BCUT2D eigenvalue weighted by atomic mass is 35.5. The lowest BCUT2D eigenvalue weighted by Gasteiger charge is -2.12. The topological polar surface area (TPSA) is 76.0 Å². The van der Waals surface area contributed by atoms with Crippen molar-refractivity contribution in [3.05, 3.63) is 86.5 Å². The summed E-state index contributed by atoms with van der Waals surface area (Å²) in [6.45, 7) is 0. The van der Waals surface area contributed by atoms with Gasteiger partial charge in [-0.2, -0.15) is 0 Å². The molecule has 2 aromatic carbocycles. The van der Waals surface area contributed by atoms with E-state index >= 15 is 0 Å². The molecule has 0 amide bonds. The molecule has 0 bridgehead atoms. The van der Waals surface area contributed by atoms with Crippen molar-refractivity contribution in [1.29, 1.82) is 0 Å². The third-order valence-corrected chi connectivity index (χ3v) is 5.38. The number of nitro groups is 1. The highest BCUT2D eigenvalue weighted by Crippen LogP contribution is 2.33. The SMILES string of the molecule is CN(C)c1ccc(-c2nc3ccccn3c2N=Cc2cc([N+](=O)[O-])c(Cl)cc2Cl)cc1. The van der Waals surface area contributed by atoms with Crippen LogP contribution < -0.4 is 4.90 Å². The summed E-state index contributed by atoms with van der Waals surface area (Å²) < 4.78 is 1.85. The molecule has 0 spiro atoms. The number of aliphatic imine (C=N–C) groups is 1. The zero-order valence-corrected chi connectivity index (χ0v) is 18.2. The Morgan fingerprint density at radius 1 is 1.10 bits per heavy atom. The second-order valence-corrected chi connectivity index (χ2v) is 7.81. The van der Waals surface area contributed by atoms with Crippen LogP contribution in [0.15, 0.2) is 65.8 Å². The van der Waals surface area contributed by atoms with Crippen molar-refractivity contribution in [3.63, 3.8) is 0 Å². The lowest BCUT2D eigenvalue weighted by Crippen LogP contribution is -2.07. The van der Waals surface area contributed by atoms with Crippen LogP contribution in [0.3, 0.4) is 0 Å². The third kappa shape index (κ3) is 4.10. The number of aromatic nitrogens is 2. The minimum atomic E-state index is -0.554. The molecule has 0 atom stereocenters. The van der Waals surface area contributed by atoms with Gasteiger partial charge in [0.25, 0.3) is 5.69 Å². The van der Waals surface area contributed by atoms with Gasteiger partial charge in [0.15, 0.2) is 5.82 Å². The van der Waals surface area contributed by atoms with E-state index < -0.39 is 4.92 Å². The van der Waals surface area contributed by atoms with Crippen LogP contribution >= 0.6 is 23.2 Å². The van der Waals surface area contributed by atoms with Crippen molar-refractivity contribution in [2.75, 3.05) is 19.0 Å². The Balaban J connectivity index is 1.83. The number of rotatable bonds is 5. The van der Waals surface area contributed by atoms with Gasteiger partial charge in [-0.25, -0.2) is 9.98 Å². The Morgan fingerprint density at radius 2 is 1.84 bits per heavy atom. The van der Waals surface area contributed by atoms with Crippen molar-refractivity contribution in [2.24, 2.45) is 4.99 Å². The lowest BCUT2D eigenvalue weighted by molar-refractivity contribution is -0.384. The summed E-state index contributed by atoms with van der Waals surface area (Å²) in [4.78, 5) is 22.0. The Morgan fingerprint density at radius 3 is 2.52 bits per heavy atom. The highest BCUT2D eigenvalue weighted by Gasteiger charge is 2.17. The minimum Gasteiger partial charge on any atom is -0.378 e. The molecule has 0 saturated carbocycles. The molecule has 4 aromatic rings. The van der Waals surface area contributed by atoms with E-state index in [0.29, 0.717) is 17.1 Å². The van der Waals surface area contributed by atoms with Crippen molar-refractivity contribution < 1.29 is 4.92 Å². The number of hydrogen-bond acceptors (Lipinski definition) is 5. The normalized spacial score (nSPS) is 11.4. The van der Waals surface area contributed by atoms with Crippen LogP contribution in [0.4, 0.5) is 17.2 Å². The Bertz CT molecular complexity index is 1310. The first-order valence-corrected chi connectivity index (χ1v) is 10.0. The van der Waals surface area contributed by atoms with Gasteiger partial charge in [0.05, 0.1) is 9.95 Å². The lowest BCUT2D eigenvalue weighted by atomic mass is 10.1. The maximum atomic E-state index is 11.2. The number of anilines is 1. The fraction of sp³-hybridized carbons (Fsp3) is 0.0909. The van der Waals surface area contributed by atoms with E-state index in [1.165, 1.54) is 18.3 Å². The Hall–Kier alpha value is -3.42. The molecule has 0 N–H and O–H groups in total. The summed E-state index contributed by atoms with van der Waals surface area (Å²) in [6, 6.07) is 16.3. The van der Waals surface area contributed by atoms with E-state index in [9.17, 15) is 10.1 Å². The number of halogens is 2. The molecule has 0 unspecified atom stereocenters. The number of nitrogens with zero attached hydrogens (tertiary/aromatic N) is 5. The van der Waals surface area contributed by atoms with Gasteiger partial charge in [-0.1, -0.05) is 41.4 Å². The molecule has 2 heterocycles. The zero-order valence-electron chi connectivity index (χ0n) is 16.7. The van der Waals surface area contributed by atoms with Crippen molar-refractivity contribution >= 4 is 52.3 Å². The van der Waals surface area contributed by atoms with Crippen molar-refractivity contribution in [3.8, 4) is 11.3 Å². The number of benzene rings is 2. The first-order valence-electron chi connectivity index (χ1n) is 9.27. The third-order valence-electron chi connectivity index (χ3n) is 4.75. The number of pyridine rings is 1. The van der Waals surface area contributed by atoms with E-state index in [0.717, 1.165) is 16.9 Å². The molecule has 31 heavy (non-hydrogen) atoms. The standard InChI is InChI=1S/C22H17Cl2N5O2/c1-27(2)16-8-6-14(7-9-16)21-22(28-10-4-3-5-20(28)26-21)25-13-15-11-19(29(30)31)18(24)12-17(15)23/h3-13H,1-2H3. The average molecular weight is 454 g/mol. The molecule has 0 radical (unpaired) electrons. The fourth-order valence-corrected chi connectivity index (χ4v) is 3.64. The van der Waals surface area contributed by atoms with Crippen molar-refractivity contribution in [2.45, 2.75) is 0 Å². The van der Waals surface area contributed by atoms with Crippen LogP contribution in [-0.2, 0) is 0 Å². The van der Waals surface area contributed by atoms with Crippen LogP contribution in [0.5, 0.6) is 0 Å². The molecule has 9 heteroatoms. The molecular formula is C22H17Cl2N5O2. The van der Waals surface area contributed by atoms with Gasteiger partial charge >= 0.3 is 0 Å². The second-order valence-electron chi connectivity index (χ2n) is 6.99. The molecule has 4 rings (SSSR count). The van der Waals surface area contributed by atoms with E-state index in [-0.39, 0.29) is 15.7 Å². The molecule has 0 fully saturated rings. The summed E-state index contributed by atoms with van der Waals surface area (Å²) in [5.74, 6) is 0.585. The van der Waals surface area contributed by atoms with Crippen LogP contribution in [0, 0.1) is 10.1 Å². The second kappa shape index (κ2) is 8.37. The smallest absolute Gasteiger partial charge is 0.288 e. The summed E-state index contributed by atoms with van der Waals surface area (Å²) in [7, 11) is 3.95. The zero-order chi connectivity index (χ0) is 22.1. The molecule has 0 aliphatic carbocycles. The van der Waals surface area contributed by atoms with Gasteiger partial charge in [0.1, 0.15) is 16.4 Å². The number of hydrogen-bond donors (Lipinski definition) is 0. The van der Waals surface area contributed by atoms with Gasteiger partial charge in [-0.15, -0.1) is 0 Å². The molecule has 0 aliphatic rings. The van der Waals surface area contributed by atoms with Gasteiger partial charge in [0, 0.05) is 49.4 Å². The molecular weight excluding hydrogens is 437 g/mol. The predicted molar refractivity (Wildman–Crippen MR) is 125 cm³/mol. The monoisotopic (exact) mass is 453 g/mol. The minimum absolute atomic E-state index is 0.0244. The first-order chi connectivity index (χ1) is 14.8. The van der Waals surface area contributed by atoms with E-state index in [1.54, 1.807) is 0 Å². The maximum Gasteiger partial charge on any atom is 0.288 e. The van der Waals surface area contributed by atoms with E-state index in [1.807, 2.05) is 72.1 Å². The quantitative estimate of drug-likeness (QED) is 0.210. The summed E-state index contributed by atoms with van der Waals surface area (Å²) in [5, 5.41) is 11.5. The van der Waals surface area contributed by atoms with Crippen LogP contribution in [0.1, 0.15) is 5.56 Å². The molecule has 7 nitrogen and oxygen atoms in total. The van der Waals surface area contributed by atoms with Gasteiger partial charge in [-0.3, -0.25) is 14.5 Å².